The zero-order valence-electron chi connectivity index (χ0n) is 17.2. The number of sulfone groups is 1. The maximum Gasteiger partial charge on any atom is 0.194 e. The fourth-order valence-corrected chi connectivity index (χ4v) is 3.84. The van der Waals surface area contributed by atoms with Crippen molar-refractivity contribution in [2.75, 3.05) is 49.9 Å². The van der Waals surface area contributed by atoms with E-state index in [1.807, 2.05) is 25.1 Å². The SMILES string of the molecule is CCNC(=NCCS(=O)(=O)C(C)(C)C)N1CCN(c2ccccc2O)CC1.I. The van der Waals surface area contributed by atoms with Gasteiger partial charge in [-0.15, -0.1) is 24.0 Å². The van der Waals surface area contributed by atoms with Gasteiger partial charge < -0.3 is 20.2 Å². The molecule has 0 aliphatic carbocycles. The second-order valence-electron chi connectivity index (χ2n) is 7.63. The second kappa shape index (κ2) is 10.5. The molecule has 0 atom stereocenters. The summed E-state index contributed by atoms with van der Waals surface area (Å²) in [4.78, 5) is 8.83. The number of phenols is 1. The zero-order chi connectivity index (χ0) is 20.1. The maximum atomic E-state index is 12.3. The molecule has 7 nitrogen and oxygen atoms in total. The average Bonchev–Trinajstić information content (AvgIpc) is 2.60. The first-order chi connectivity index (χ1) is 12.7. The summed E-state index contributed by atoms with van der Waals surface area (Å²) in [5, 5.41) is 13.3. The fourth-order valence-electron chi connectivity index (χ4n) is 2.89. The number of phenolic OH excluding ortho intramolecular Hbond substituents is 1. The highest BCUT2D eigenvalue weighted by atomic mass is 127. The van der Waals surface area contributed by atoms with Gasteiger partial charge in [-0.2, -0.15) is 0 Å². The van der Waals surface area contributed by atoms with E-state index in [0.29, 0.717) is 5.75 Å². The molecule has 1 aliphatic rings. The van der Waals surface area contributed by atoms with Crippen molar-refractivity contribution >= 4 is 45.5 Å². The number of anilines is 1. The van der Waals surface area contributed by atoms with Crippen molar-refractivity contribution < 1.29 is 13.5 Å². The van der Waals surface area contributed by atoms with Gasteiger partial charge in [0.15, 0.2) is 15.8 Å². The van der Waals surface area contributed by atoms with Crippen LogP contribution < -0.4 is 10.2 Å². The smallest absolute Gasteiger partial charge is 0.194 e. The first-order valence-corrected chi connectivity index (χ1v) is 11.1. The van der Waals surface area contributed by atoms with Gasteiger partial charge in [0.1, 0.15) is 5.75 Å². The van der Waals surface area contributed by atoms with Crippen LogP contribution in [0, 0.1) is 0 Å². The zero-order valence-corrected chi connectivity index (χ0v) is 20.3. The quantitative estimate of drug-likeness (QED) is 0.350. The topological polar surface area (TPSA) is 85.2 Å². The summed E-state index contributed by atoms with van der Waals surface area (Å²) in [5.41, 5.74) is 0.843. The van der Waals surface area contributed by atoms with Gasteiger partial charge in [0.05, 0.1) is 22.7 Å². The fraction of sp³-hybridized carbons (Fsp3) is 0.632. The van der Waals surface area contributed by atoms with E-state index in [-0.39, 0.29) is 36.3 Å². The largest absolute Gasteiger partial charge is 0.506 e. The Labute approximate surface area is 186 Å². The van der Waals surface area contributed by atoms with Crippen molar-refractivity contribution in [3.63, 3.8) is 0 Å². The predicted molar refractivity (Wildman–Crippen MR) is 127 cm³/mol. The average molecular weight is 524 g/mol. The molecule has 2 rings (SSSR count). The standard InChI is InChI=1S/C19H32N4O3S.HI/c1-5-20-18(21-10-15-27(25,26)19(2,3)4)23-13-11-22(12-14-23)16-8-6-7-9-17(16)24;/h6-9,24H,5,10-15H2,1-4H3,(H,20,21);1H. The van der Waals surface area contributed by atoms with E-state index in [9.17, 15) is 13.5 Å². The normalized spacial score (nSPS) is 15.9. The third kappa shape index (κ3) is 6.40. The van der Waals surface area contributed by atoms with Crippen LogP contribution in [0.25, 0.3) is 0 Å². The Hall–Kier alpha value is -1.23. The van der Waals surface area contributed by atoms with Crippen molar-refractivity contribution in [1.82, 2.24) is 10.2 Å². The molecule has 1 aromatic carbocycles. The number of rotatable bonds is 5. The highest BCUT2D eigenvalue weighted by Gasteiger charge is 2.28. The van der Waals surface area contributed by atoms with Crippen LogP contribution in [0.2, 0.25) is 0 Å². The van der Waals surface area contributed by atoms with Gasteiger partial charge in [-0.3, -0.25) is 4.99 Å². The highest BCUT2D eigenvalue weighted by molar-refractivity contribution is 14.0. The van der Waals surface area contributed by atoms with Crippen molar-refractivity contribution in [3.8, 4) is 5.75 Å². The van der Waals surface area contributed by atoms with Crippen molar-refractivity contribution in [2.45, 2.75) is 32.4 Å². The molecule has 0 spiro atoms. The number of benzene rings is 1. The third-order valence-corrected chi connectivity index (χ3v) is 7.28. The Balaban J connectivity index is 0.00000392. The van der Waals surface area contributed by atoms with Crippen molar-refractivity contribution in [2.24, 2.45) is 4.99 Å². The summed E-state index contributed by atoms with van der Waals surface area (Å²) < 4.78 is 23.8. The monoisotopic (exact) mass is 524 g/mol. The first-order valence-electron chi connectivity index (χ1n) is 9.44. The lowest BCUT2D eigenvalue weighted by Gasteiger charge is -2.37. The molecule has 0 radical (unpaired) electrons. The van der Waals surface area contributed by atoms with E-state index >= 15 is 0 Å². The summed E-state index contributed by atoms with van der Waals surface area (Å²) in [5.74, 6) is 1.08. The summed E-state index contributed by atoms with van der Waals surface area (Å²) in [6.45, 7) is 11.2. The minimum Gasteiger partial charge on any atom is -0.506 e. The van der Waals surface area contributed by atoms with Gasteiger partial charge in [-0.05, 0) is 39.8 Å². The van der Waals surface area contributed by atoms with Crippen LogP contribution in [0.3, 0.4) is 0 Å². The molecule has 0 unspecified atom stereocenters. The summed E-state index contributed by atoms with van der Waals surface area (Å²) >= 11 is 0. The van der Waals surface area contributed by atoms with Gasteiger partial charge in [0, 0.05) is 32.7 Å². The Morgan fingerprint density at radius 3 is 2.32 bits per heavy atom. The van der Waals surface area contributed by atoms with Gasteiger partial charge in [0.25, 0.3) is 0 Å². The molecule has 9 heteroatoms. The van der Waals surface area contributed by atoms with Gasteiger partial charge in [-0.1, -0.05) is 12.1 Å². The summed E-state index contributed by atoms with van der Waals surface area (Å²) in [6.07, 6.45) is 0. The summed E-state index contributed by atoms with van der Waals surface area (Å²) in [7, 11) is -3.18. The molecule has 0 amide bonds. The number of hydrogen-bond acceptors (Lipinski definition) is 5. The molecule has 1 aromatic rings. The number of guanidine groups is 1. The number of hydrogen-bond donors (Lipinski definition) is 2. The molecular formula is C19H33IN4O3S. The highest BCUT2D eigenvalue weighted by Crippen LogP contribution is 2.27. The molecule has 1 fully saturated rings. The number of para-hydroxylation sites is 2. The van der Waals surface area contributed by atoms with E-state index in [1.165, 1.54) is 0 Å². The molecule has 28 heavy (non-hydrogen) atoms. The Morgan fingerprint density at radius 2 is 1.79 bits per heavy atom. The molecule has 2 N–H and O–H groups in total. The van der Waals surface area contributed by atoms with E-state index in [4.69, 9.17) is 0 Å². The lowest BCUT2D eigenvalue weighted by Crippen LogP contribution is -2.52. The van der Waals surface area contributed by atoms with Crippen molar-refractivity contribution in [1.29, 1.82) is 0 Å². The van der Waals surface area contributed by atoms with Crippen LogP contribution in [0.4, 0.5) is 5.69 Å². The number of piperazine rings is 1. The number of halogens is 1. The Bertz CT molecular complexity index is 755. The third-order valence-electron chi connectivity index (χ3n) is 4.69. The second-order valence-corrected chi connectivity index (χ2v) is 10.5. The number of nitrogens with one attached hydrogen (secondary N) is 1. The molecule has 0 bridgehead atoms. The summed E-state index contributed by atoms with van der Waals surface area (Å²) in [6, 6.07) is 7.35. The van der Waals surface area contributed by atoms with Crippen LogP contribution in [0.5, 0.6) is 5.75 Å². The van der Waals surface area contributed by atoms with E-state index in [0.717, 1.165) is 44.4 Å². The van der Waals surface area contributed by atoms with Gasteiger partial charge in [-0.25, -0.2) is 8.42 Å². The lowest BCUT2D eigenvalue weighted by molar-refractivity contribution is 0.370. The molecule has 160 valence electrons. The Kier molecular flexibility index (Phi) is 9.32. The van der Waals surface area contributed by atoms with Gasteiger partial charge in [0.2, 0.25) is 0 Å². The number of aliphatic imine (C=N–C) groups is 1. The number of nitrogens with zero attached hydrogens (tertiary/aromatic N) is 3. The molecule has 1 heterocycles. The maximum absolute atomic E-state index is 12.3. The Morgan fingerprint density at radius 1 is 1.18 bits per heavy atom. The molecule has 1 aliphatic heterocycles. The number of aromatic hydroxyl groups is 1. The van der Waals surface area contributed by atoms with E-state index in [1.54, 1.807) is 26.8 Å². The minimum absolute atomic E-state index is 0. The van der Waals surface area contributed by atoms with Crippen LogP contribution in [0.15, 0.2) is 29.3 Å². The van der Waals surface area contributed by atoms with Crippen LogP contribution in [-0.2, 0) is 9.84 Å². The first kappa shape index (κ1) is 24.8. The molecule has 0 aromatic heterocycles. The van der Waals surface area contributed by atoms with Gasteiger partial charge >= 0.3 is 0 Å². The molecule has 0 saturated carbocycles. The molecule has 1 saturated heterocycles. The van der Waals surface area contributed by atoms with Crippen LogP contribution in [0.1, 0.15) is 27.7 Å². The lowest BCUT2D eigenvalue weighted by atomic mass is 10.2. The van der Waals surface area contributed by atoms with Crippen molar-refractivity contribution in [3.05, 3.63) is 24.3 Å². The minimum atomic E-state index is -3.18. The van der Waals surface area contributed by atoms with Crippen LogP contribution >= 0.6 is 24.0 Å². The van der Waals surface area contributed by atoms with E-state index < -0.39 is 14.6 Å². The van der Waals surface area contributed by atoms with E-state index in [2.05, 4.69) is 20.1 Å². The predicted octanol–water partition coefficient (Wildman–Crippen LogP) is 2.31. The molecular weight excluding hydrogens is 491 g/mol. The van der Waals surface area contributed by atoms with Crippen LogP contribution in [-0.4, -0.2) is 74.2 Å².